The predicted octanol–water partition coefficient (Wildman–Crippen LogP) is 4.81. The first-order valence-electron chi connectivity index (χ1n) is 11.1. The Hall–Kier alpha value is -2.36. The number of aromatic nitrogens is 3. The molecule has 7 nitrogen and oxygen atoms in total. The number of aryl methyl sites for hydroxylation is 1. The number of aliphatic hydroxyl groups excluding tert-OH is 1. The van der Waals surface area contributed by atoms with Crippen molar-refractivity contribution in [2.75, 3.05) is 5.73 Å². The maximum atomic E-state index is 15.2. The lowest BCUT2D eigenvalue weighted by molar-refractivity contribution is 0.0379. The number of halogens is 2. The minimum atomic E-state index is -0.786. The highest BCUT2D eigenvalue weighted by atomic mass is 35.5. The van der Waals surface area contributed by atoms with Crippen molar-refractivity contribution in [1.82, 2.24) is 14.4 Å². The fraction of sp³-hybridized carbons (Fsp3) is 0.458. The molecule has 4 rings (SSSR count). The molecule has 34 heavy (non-hydrogen) atoms. The molecule has 0 bridgehead atoms. The number of ketones is 1. The third kappa shape index (κ3) is 4.74. The van der Waals surface area contributed by atoms with Gasteiger partial charge in [0.05, 0.1) is 28.5 Å². The molecule has 184 valence electrons. The van der Waals surface area contributed by atoms with Crippen molar-refractivity contribution in [3.8, 4) is 5.75 Å². The number of benzene rings is 1. The van der Waals surface area contributed by atoms with E-state index in [4.69, 9.17) is 27.1 Å². The zero-order chi connectivity index (χ0) is 24.0. The van der Waals surface area contributed by atoms with Crippen LogP contribution in [0.4, 0.5) is 10.2 Å². The van der Waals surface area contributed by atoms with E-state index in [9.17, 15) is 9.90 Å². The average molecular weight is 509 g/mol. The third-order valence-electron chi connectivity index (χ3n) is 6.16. The summed E-state index contributed by atoms with van der Waals surface area (Å²) in [5, 5.41) is 9.42. The van der Waals surface area contributed by atoms with E-state index >= 15 is 4.39 Å². The normalized spacial score (nSPS) is 18.5. The molecule has 0 radical (unpaired) electrons. The Morgan fingerprint density at radius 1 is 1.38 bits per heavy atom. The molecule has 0 unspecified atom stereocenters. The lowest BCUT2D eigenvalue weighted by atomic mass is 9.78. The van der Waals surface area contributed by atoms with Crippen LogP contribution in [0.15, 0.2) is 18.5 Å². The minimum absolute atomic E-state index is 0. The monoisotopic (exact) mass is 508 g/mol. The van der Waals surface area contributed by atoms with E-state index in [1.807, 2.05) is 32.1 Å². The standard InChI is InChI=1S/C24H28ClFN4O3.H2S/c1-11(2)33-22-16(12(3)24-29-13(4)21-23(27)28-5-6-30(21)24)10-17(25)20(26)19(22)18(32)9-14-7-15(31)8-14;/h5-6,10-12,14-15,31H,7-9H2,1-4H3,(H2,27,28);1H2/t12-,14?,15?;/m0./s1. The van der Waals surface area contributed by atoms with Gasteiger partial charge in [0.1, 0.15) is 22.9 Å². The number of nitrogens with zero attached hydrogens (tertiary/aromatic N) is 3. The summed E-state index contributed by atoms with van der Waals surface area (Å²) in [6, 6.07) is 1.50. The number of rotatable bonds is 7. The van der Waals surface area contributed by atoms with Crippen molar-refractivity contribution in [2.45, 2.75) is 65.1 Å². The van der Waals surface area contributed by atoms with Crippen molar-refractivity contribution < 1.29 is 19.0 Å². The molecule has 2 heterocycles. The van der Waals surface area contributed by atoms with Gasteiger partial charge < -0.3 is 15.6 Å². The second-order valence-corrected chi connectivity index (χ2v) is 9.47. The number of aliphatic hydroxyl groups is 1. The van der Waals surface area contributed by atoms with Crippen LogP contribution >= 0.6 is 25.1 Å². The summed E-state index contributed by atoms with van der Waals surface area (Å²) in [5.41, 5.74) is 7.88. The van der Waals surface area contributed by atoms with Gasteiger partial charge in [-0.15, -0.1) is 0 Å². The van der Waals surface area contributed by atoms with Crippen LogP contribution in [-0.4, -0.2) is 37.5 Å². The number of carbonyl (C=O) groups excluding carboxylic acids is 1. The topological polar surface area (TPSA) is 103 Å². The Morgan fingerprint density at radius 3 is 2.68 bits per heavy atom. The molecule has 1 fully saturated rings. The number of imidazole rings is 1. The molecule has 0 aliphatic heterocycles. The van der Waals surface area contributed by atoms with Gasteiger partial charge in [0.2, 0.25) is 0 Å². The molecular weight excluding hydrogens is 479 g/mol. The highest BCUT2D eigenvalue weighted by Crippen LogP contribution is 2.41. The zero-order valence-electron chi connectivity index (χ0n) is 19.6. The Bertz CT molecular complexity index is 1230. The highest BCUT2D eigenvalue weighted by Gasteiger charge is 2.34. The zero-order valence-corrected chi connectivity index (χ0v) is 21.4. The molecule has 10 heteroatoms. The lowest BCUT2D eigenvalue weighted by Gasteiger charge is -2.31. The summed E-state index contributed by atoms with van der Waals surface area (Å²) >= 11 is 6.28. The molecule has 0 spiro atoms. The molecule has 3 aromatic rings. The van der Waals surface area contributed by atoms with Gasteiger partial charge in [-0.2, -0.15) is 13.5 Å². The first-order chi connectivity index (χ1) is 15.6. The van der Waals surface area contributed by atoms with Crippen molar-refractivity contribution in [3.05, 3.63) is 51.9 Å². The predicted molar refractivity (Wildman–Crippen MR) is 135 cm³/mol. The van der Waals surface area contributed by atoms with Crippen LogP contribution in [0.25, 0.3) is 5.52 Å². The van der Waals surface area contributed by atoms with Crippen LogP contribution < -0.4 is 10.5 Å². The van der Waals surface area contributed by atoms with E-state index in [0.717, 1.165) is 0 Å². The summed E-state index contributed by atoms with van der Waals surface area (Å²) in [7, 11) is 0. The van der Waals surface area contributed by atoms with Crippen molar-refractivity contribution in [1.29, 1.82) is 0 Å². The Morgan fingerprint density at radius 2 is 2.06 bits per heavy atom. The van der Waals surface area contributed by atoms with Gasteiger partial charge in [0.15, 0.2) is 11.6 Å². The molecule has 0 saturated heterocycles. The molecular formula is C24H30ClFN4O3S. The quantitative estimate of drug-likeness (QED) is 0.444. The number of hydrogen-bond donors (Lipinski definition) is 2. The summed E-state index contributed by atoms with van der Waals surface area (Å²) in [5.74, 6) is -0.353. The number of nitrogens with two attached hydrogens (primary N) is 1. The maximum absolute atomic E-state index is 15.2. The van der Waals surface area contributed by atoms with Crippen LogP contribution in [0.3, 0.4) is 0 Å². The largest absolute Gasteiger partial charge is 0.490 e. The Balaban J connectivity index is 0.00000324. The van der Waals surface area contributed by atoms with Crippen molar-refractivity contribution in [3.63, 3.8) is 0 Å². The average Bonchev–Trinajstić information content (AvgIpc) is 3.06. The molecule has 2 aromatic heterocycles. The number of ether oxygens (including phenoxy) is 1. The van der Waals surface area contributed by atoms with E-state index < -0.39 is 17.8 Å². The molecule has 1 aliphatic rings. The first-order valence-corrected chi connectivity index (χ1v) is 11.4. The highest BCUT2D eigenvalue weighted by molar-refractivity contribution is 7.59. The van der Waals surface area contributed by atoms with Gasteiger partial charge >= 0.3 is 0 Å². The van der Waals surface area contributed by atoms with Gasteiger partial charge in [0, 0.05) is 30.3 Å². The van der Waals surface area contributed by atoms with Crippen LogP contribution in [0.5, 0.6) is 5.75 Å². The Labute approximate surface area is 209 Å². The van der Waals surface area contributed by atoms with Crippen molar-refractivity contribution in [2.24, 2.45) is 5.92 Å². The second kappa shape index (κ2) is 10.1. The van der Waals surface area contributed by atoms with E-state index in [2.05, 4.69) is 4.98 Å². The summed E-state index contributed by atoms with van der Waals surface area (Å²) < 4.78 is 23.1. The maximum Gasteiger partial charge on any atom is 0.169 e. The van der Waals surface area contributed by atoms with Crippen LogP contribution in [0.1, 0.15) is 73.4 Å². The van der Waals surface area contributed by atoms with Gasteiger partial charge in [-0.25, -0.2) is 14.4 Å². The van der Waals surface area contributed by atoms with E-state index in [-0.39, 0.29) is 54.1 Å². The number of anilines is 1. The lowest BCUT2D eigenvalue weighted by Crippen LogP contribution is -2.30. The van der Waals surface area contributed by atoms with Crippen LogP contribution in [0.2, 0.25) is 5.02 Å². The fourth-order valence-corrected chi connectivity index (χ4v) is 4.72. The SMILES string of the molecule is Cc1nc([C@@H](C)c2cc(Cl)c(F)c(C(=O)CC3CC(O)C3)c2OC(C)C)n2ccnc(N)c12.S. The molecule has 1 atom stereocenters. The second-order valence-electron chi connectivity index (χ2n) is 9.06. The molecule has 1 saturated carbocycles. The van der Waals surface area contributed by atoms with Crippen LogP contribution in [0, 0.1) is 18.7 Å². The van der Waals surface area contributed by atoms with Gasteiger partial charge in [0.25, 0.3) is 0 Å². The number of nitrogen functional groups attached to an aromatic ring is 1. The first kappa shape index (κ1) is 26.2. The minimum Gasteiger partial charge on any atom is -0.490 e. The number of hydrogen-bond acceptors (Lipinski definition) is 6. The van der Waals surface area contributed by atoms with Crippen LogP contribution in [-0.2, 0) is 0 Å². The van der Waals surface area contributed by atoms with E-state index in [0.29, 0.717) is 41.3 Å². The molecule has 3 N–H and O–H groups in total. The summed E-state index contributed by atoms with van der Waals surface area (Å²) in [4.78, 5) is 22.0. The number of fused-ring (bicyclic) bond motifs is 1. The van der Waals surface area contributed by atoms with Crippen molar-refractivity contribution >= 4 is 42.2 Å². The summed E-state index contributed by atoms with van der Waals surface area (Å²) in [6.45, 7) is 7.38. The van der Waals surface area contributed by atoms with Gasteiger partial charge in [-0.1, -0.05) is 18.5 Å². The number of carbonyl (C=O) groups is 1. The van der Waals surface area contributed by atoms with Gasteiger partial charge in [-0.05, 0) is 45.6 Å². The fourth-order valence-electron chi connectivity index (χ4n) is 4.51. The molecule has 0 amide bonds. The van der Waals surface area contributed by atoms with Gasteiger partial charge in [-0.3, -0.25) is 9.20 Å². The third-order valence-corrected chi connectivity index (χ3v) is 6.43. The number of Topliss-reactive ketones (excluding diaryl/α,β-unsaturated/α-hetero) is 1. The smallest absolute Gasteiger partial charge is 0.169 e. The summed E-state index contributed by atoms with van der Waals surface area (Å²) in [6.07, 6.45) is 3.85. The van der Waals surface area contributed by atoms with E-state index in [1.165, 1.54) is 6.07 Å². The molecule has 1 aliphatic carbocycles. The van der Waals surface area contributed by atoms with E-state index in [1.54, 1.807) is 12.4 Å². The Kier molecular flexibility index (Phi) is 7.79. The molecule has 1 aromatic carbocycles.